The van der Waals surface area contributed by atoms with E-state index in [9.17, 15) is 32.3 Å². The molecule has 0 aliphatic heterocycles. The van der Waals surface area contributed by atoms with Crippen molar-refractivity contribution in [1.82, 2.24) is 20.2 Å². The maximum Gasteiger partial charge on any atom is 0.490 e. The van der Waals surface area contributed by atoms with Gasteiger partial charge in [0.1, 0.15) is 11.6 Å². The van der Waals surface area contributed by atoms with Crippen molar-refractivity contribution in [2.24, 2.45) is 0 Å². The van der Waals surface area contributed by atoms with E-state index >= 15 is 0 Å². The second-order valence-corrected chi connectivity index (χ2v) is 7.80. The molecule has 9 nitrogen and oxygen atoms in total. The predicted octanol–water partition coefficient (Wildman–Crippen LogP) is 2.85. The maximum atomic E-state index is 13.0. The van der Waals surface area contributed by atoms with E-state index in [2.05, 4.69) is 20.2 Å². The Labute approximate surface area is 208 Å². The van der Waals surface area contributed by atoms with Gasteiger partial charge >= 0.3 is 12.1 Å². The number of alkyl halides is 3. The van der Waals surface area contributed by atoms with E-state index in [0.717, 1.165) is 12.1 Å². The fourth-order valence-corrected chi connectivity index (χ4v) is 2.93. The highest BCUT2D eigenvalue weighted by atomic mass is 19.4. The molecule has 0 aliphatic carbocycles. The Kier molecular flexibility index (Phi) is 10.3. The average Bonchev–Trinajstić information content (AvgIpc) is 2.84. The third-order valence-electron chi connectivity index (χ3n) is 4.79. The summed E-state index contributed by atoms with van der Waals surface area (Å²) in [5.74, 6) is -4.23. The number of likely N-dealkylation sites (N-methyl/N-ethyl adjacent to an activating group) is 1. The first-order valence-corrected chi connectivity index (χ1v) is 10.7. The lowest BCUT2D eigenvalue weighted by atomic mass is 10.2. The largest absolute Gasteiger partial charge is 0.501 e. The molecular formula is C24H24F4N4O5. The van der Waals surface area contributed by atoms with Crippen molar-refractivity contribution in [2.45, 2.75) is 25.7 Å². The Balaban J connectivity index is 0.000000604. The van der Waals surface area contributed by atoms with E-state index in [1.54, 1.807) is 0 Å². The minimum Gasteiger partial charge on any atom is -0.501 e. The molecule has 37 heavy (non-hydrogen) atoms. The number of carbonyl (C=O) groups excluding carboxylic acids is 1. The number of aliphatic carboxylic acids is 1. The van der Waals surface area contributed by atoms with Gasteiger partial charge in [-0.3, -0.25) is 9.59 Å². The van der Waals surface area contributed by atoms with Crippen LogP contribution in [0.5, 0.6) is 5.75 Å². The number of nitrogens with zero attached hydrogens (tertiary/aromatic N) is 2. The fourth-order valence-electron chi connectivity index (χ4n) is 2.93. The topological polar surface area (TPSA) is 136 Å². The Morgan fingerprint density at radius 3 is 2.22 bits per heavy atom. The van der Waals surface area contributed by atoms with Crippen LogP contribution >= 0.6 is 0 Å². The zero-order valence-electron chi connectivity index (χ0n) is 19.6. The summed E-state index contributed by atoms with van der Waals surface area (Å²) in [5, 5.41) is 19.7. The monoisotopic (exact) mass is 524 g/mol. The number of nitrogens with one attached hydrogen (secondary N) is 2. The Morgan fingerprint density at radius 1 is 1.05 bits per heavy atom. The molecule has 198 valence electrons. The van der Waals surface area contributed by atoms with Crippen molar-refractivity contribution in [1.29, 1.82) is 0 Å². The van der Waals surface area contributed by atoms with E-state index in [-0.39, 0.29) is 18.1 Å². The summed E-state index contributed by atoms with van der Waals surface area (Å²) < 4.78 is 44.7. The molecule has 1 heterocycles. The standard InChI is InChI=1S/C22H23FN4O3.C2HF3O2/c1-27(14-16-5-3-2-4-6-16)12-11-18-25-19(20(28)22(30)26-18)21(29)24-13-15-7-9-17(23)10-8-15;3-2(4,5)1(6)7/h2-10,28H,11-14H2,1H3,(H,24,29)(H,25,26,30);(H,6,7). The van der Waals surface area contributed by atoms with Gasteiger partial charge in [0, 0.05) is 26.1 Å². The first-order chi connectivity index (χ1) is 17.4. The Bertz CT molecular complexity index is 1250. The minimum atomic E-state index is -5.08. The number of rotatable bonds is 8. The summed E-state index contributed by atoms with van der Waals surface area (Å²) in [7, 11) is 1.95. The summed E-state index contributed by atoms with van der Waals surface area (Å²) in [4.78, 5) is 42.1. The van der Waals surface area contributed by atoms with Crippen molar-refractivity contribution in [3.8, 4) is 5.75 Å². The summed E-state index contributed by atoms with van der Waals surface area (Å²) in [6.07, 6.45) is -4.68. The van der Waals surface area contributed by atoms with E-state index < -0.39 is 29.4 Å². The van der Waals surface area contributed by atoms with Crippen LogP contribution in [0.2, 0.25) is 0 Å². The molecule has 0 spiro atoms. The first-order valence-electron chi connectivity index (χ1n) is 10.7. The van der Waals surface area contributed by atoms with E-state index in [1.807, 2.05) is 37.4 Å². The van der Waals surface area contributed by atoms with Gasteiger partial charge in [-0.05, 0) is 30.3 Å². The number of hydrogen-bond acceptors (Lipinski definition) is 6. The molecular weight excluding hydrogens is 500 g/mol. The van der Waals surface area contributed by atoms with Crippen molar-refractivity contribution in [3.63, 3.8) is 0 Å². The van der Waals surface area contributed by atoms with E-state index in [0.29, 0.717) is 24.4 Å². The normalized spacial score (nSPS) is 11.0. The number of halogens is 4. The molecule has 2 aromatic carbocycles. The number of aromatic nitrogens is 2. The van der Waals surface area contributed by atoms with Crippen LogP contribution < -0.4 is 10.9 Å². The summed E-state index contributed by atoms with van der Waals surface area (Å²) in [5.41, 5.74) is 0.740. The van der Waals surface area contributed by atoms with Crippen LogP contribution in [0, 0.1) is 5.82 Å². The number of H-pyrrole nitrogens is 1. The molecule has 0 aliphatic rings. The van der Waals surface area contributed by atoms with Crippen molar-refractivity contribution in [2.75, 3.05) is 13.6 Å². The van der Waals surface area contributed by atoms with Crippen LogP contribution in [-0.2, 0) is 24.3 Å². The molecule has 0 fully saturated rings. The van der Waals surface area contributed by atoms with Gasteiger partial charge in [0.05, 0.1) is 0 Å². The maximum absolute atomic E-state index is 13.0. The Hall–Kier alpha value is -4.26. The van der Waals surface area contributed by atoms with Gasteiger partial charge < -0.3 is 25.4 Å². The van der Waals surface area contributed by atoms with Gasteiger partial charge in [-0.2, -0.15) is 13.2 Å². The molecule has 3 rings (SSSR count). The Morgan fingerprint density at radius 2 is 1.65 bits per heavy atom. The highest BCUT2D eigenvalue weighted by Crippen LogP contribution is 2.13. The van der Waals surface area contributed by atoms with Crippen molar-refractivity contribution >= 4 is 11.9 Å². The van der Waals surface area contributed by atoms with Gasteiger partial charge in [0.2, 0.25) is 5.75 Å². The second-order valence-electron chi connectivity index (χ2n) is 7.80. The fraction of sp³-hybridized carbons (Fsp3) is 0.250. The van der Waals surface area contributed by atoms with E-state index in [1.165, 1.54) is 24.3 Å². The molecule has 0 saturated carbocycles. The van der Waals surface area contributed by atoms with Crippen molar-refractivity contribution < 1.29 is 37.4 Å². The zero-order valence-corrected chi connectivity index (χ0v) is 19.6. The summed E-state index contributed by atoms with van der Waals surface area (Å²) in [6, 6.07) is 15.6. The molecule has 13 heteroatoms. The molecule has 0 bridgehead atoms. The minimum absolute atomic E-state index is 0.113. The van der Waals surface area contributed by atoms with Gasteiger partial charge in [-0.1, -0.05) is 42.5 Å². The zero-order chi connectivity index (χ0) is 27.6. The molecule has 3 aromatic rings. The summed E-state index contributed by atoms with van der Waals surface area (Å²) >= 11 is 0. The molecule has 1 aromatic heterocycles. The van der Waals surface area contributed by atoms with Crippen LogP contribution in [0.3, 0.4) is 0 Å². The lowest BCUT2D eigenvalue weighted by Gasteiger charge is -2.16. The second kappa shape index (κ2) is 13.2. The predicted molar refractivity (Wildman–Crippen MR) is 124 cm³/mol. The number of carbonyl (C=O) groups is 2. The first kappa shape index (κ1) is 29.0. The van der Waals surface area contributed by atoms with Crippen LogP contribution in [0.25, 0.3) is 0 Å². The molecule has 0 atom stereocenters. The molecule has 1 amide bonds. The number of amides is 1. The van der Waals surface area contributed by atoms with Gasteiger partial charge in [0.25, 0.3) is 11.5 Å². The quantitative estimate of drug-likeness (QED) is 0.333. The third-order valence-corrected chi connectivity index (χ3v) is 4.79. The SMILES string of the molecule is CN(CCc1nc(C(=O)NCc2ccc(F)cc2)c(O)c(=O)[nH]1)Cc1ccccc1.O=C(O)C(F)(F)F. The third kappa shape index (κ3) is 9.72. The smallest absolute Gasteiger partial charge is 0.490 e. The van der Waals surface area contributed by atoms with Crippen LogP contribution in [0.1, 0.15) is 27.4 Å². The van der Waals surface area contributed by atoms with Crippen molar-refractivity contribution in [3.05, 3.63) is 93.4 Å². The number of benzene rings is 2. The van der Waals surface area contributed by atoms with Crippen LogP contribution in [0.4, 0.5) is 17.6 Å². The molecule has 0 radical (unpaired) electrons. The average molecular weight is 524 g/mol. The lowest BCUT2D eigenvalue weighted by Crippen LogP contribution is -2.28. The highest BCUT2D eigenvalue weighted by Gasteiger charge is 2.38. The molecule has 4 N–H and O–H groups in total. The number of carboxylic acids is 1. The van der Waals surface area contributed by atoms with Crippen LogP contribution in [0.15, 0.2) is 59.4 Å². The number of hydrogen-bond donors (Lipinski definition) is 4. The summed E-state index contributed by atoms with van der Waals surface area (Å²) in [6.45, 7) is 1.44. The number of carboxylic acid groups (broad SMARTS) is 1. The van der Waals surface area contributed by atoms with Crippen LogP contribution in [-0.4, -0.2) is 56.7 Å². The van der Waals surface area contributed by atoms with E-state index in [4.69, 9.17) is 9.90 Å². The number of aromatic amines is 1. The van der Waals surface area contributed by atoms with Gasteiger partial charge in [-0.15, -0.1) is 0 Å². The van der Waals surface area contributed by atoms with Gasteiger partial charge in [-0.25, -0.2) is 14.2 Å². The number of aromatic hydroxyl groups is 1. The van der Waals surface area contributed by atoms with Gasteiger partial charge in [0.15, 0.2) is 5.69 Å². The molecule has 0 saturated heterocycles. The molecule has 0 unspecified atom stereocenters. The highest BCUT2D eigenvalue weighted by molar-refractivity contribution is 5.94. The lowest BCUT2D eigenvalue weighted by molar-refractivity contribution is -0.192.